The summed E-state index contributed by atoms with van der Waals surface area (Å²) in [5.74, 6) is 1.78. The molecule has 7 heteroatoms. The van der Waals surface area contributed by atoms with Gasteiger partial charge in [0.2, 0.25) is 10.0 Å². The molecular formula is C18H23NO5S. The summed E-state index contributed by atoms with van der Waals surface area (Å²) >= 11 is 0. The monoisotopic (exact) mass is 365 g/mol. The van der Waals surface area contributed by atoms with Crippen LogP contribution in [0.2, 0.25) is 0 Å². The molecule has 0 aliphatic carbocycles. The second-order valence-corrected chi connectivity index (χ2v) is 7.42. The van der Waals surface area contributed by atoms with E-state index in [4.69, 9.17) is 14.2 Å². The fourth-order valence-corrected chi connectivity index (χ4v) is 3.24. The van der Waals surface area contributed by atoms with Crippen LogP contribution in [0.5, 0.6) is 17.2 Å². The standard InChI is InChI=1S/C18H23NO5S/c1-13(2)24-15-6-8-16(9-7-15)25(20,21)19-12-14-5-10-17(22-3)18(11-14)23-4/h5-11,13,19H,12H2,1-4H3. The summed E-state index contributed by atoms with van der Waals surface area (Å²) < 4.78 is 43.3. The van der Waals surface area contributed by atoms with Gasteiger partial charge < -0.3 is 14.2 Å². The van der Waals surface area contributed by atoms with Crippen LogP contribution in [-0.4, -0.2) is 28.7 Å². The van der Waals surface area contributed by atoms with Gasteiger partial charge in [0.1, 0.15) is 5.75 Å². The molecule has 1 N–H and O–H groups in total. The average Bonchev–Trinajstić information content (AvgIpc) is 2.59. The van der Waals surface area contributed by atoms with Crippen LogP contribution in [0.15, 0.2) is 47.4 Å². The average molecular weight is 365 g/mol. The molecule has 0 spiro atoms. The van der Waals surface area contributed by atoms with Gasteiger partial charge in [-0.1, -0.05) is 6.07 Å². The van der Waals surface area contributed by atoms with Crippen molar-refractivity contribution in [1.29, 1.82) is 0 Å². The van der Waals surface area contributed by atoms with Crippen molar-refractivity contribution in [3.05, 3.63) is 48.0 Å². The number of methoxy groups -OCH3 is 2. The molecule has 0 unspecified atom stereocenters. The Kier molecular flexibility index (Phi) is 6.27. The molecule has 0 radical (unpaired) electrons. The van der Waals surface area contributed by atoms with E-state index in [1.54, 1.807) is 37.4 Å². The Morgan fingerprint density at radius 2 is 1.60 bits per heavy atom. The molecule has 25 heavy (non-hydrogen) atoms. The van der Waals surface area contributed by atoms with Crippen molar-refractivity contribution in [3.8, 4) is 17.2 Å². The van der Waals surface area contributed by atoms with E-state index in [9.17, 15) is 8.42 Å². The number of nitrogens with one attached hydrogen (secondary N) is 1. The zero-order chi connectivity index (χ0) is 18.4. The van der Waals surface area contributed by atoms with Gasteiger partial charge in [0, 0.05) is 6.54 Å². The van der Waals surface area contributed by atoms with Crippen LogP contribution < -0.4 is 18.9 Å². The third kappa shape index (κ3) is 5.11. The minimum absolute atomic E-state index is 0.0330. The molecule has 0 saturated carbocycles. The minimum atomic E-state index is -3.62. The van der Waals surface area contributed by atoms with Gasteiger partial charge >= 0.3 is 0 Å². The van der Waals surface area contributed by atoms with Gasteiger partial charge in [-0.05, 0) is 55.8 Å². The molecule has 0 heterocycles. The Hall–Kier alpha value is -2.25. The molecule has 0 saturated heterocycles. The lowest BCUT2D eigenvalue weighted by Crippen LogP contribution is -2.23. The molecule has 0 aliphatic rings. The first kappa shape index (κ1) is 19.1. The van der Waals surface area contributed by atoms with E-state index in [-0.39, 0.29) is 17.5 Å². The first-order valence-corrected chi connectivity index (χ1v) is 9.31. The topological polar surface area (TPSA) is 73.9 Å². The van der Waals surface area contributed by atoms with Crippen molar-refractivity contribution in [2.45, 2.75) is 31.4 Å². The van der Waals surface area contributed by atoms with E-state index in [1.165, 1.54) is 19.2 Å². The molecule has 2 aromatic rings. The zero-order valence-electron chi connectivity index (χ0n) is 14.8. The first-order chi connectivity index (χ1) is 11.9. The van der Waals surface area contributed by atoms with E-state index < -0.39 is 10.0 Å². The summed E-state index contributed by atoms with van der Waals surface area (Å²) in [6, 6.07) is 11.6. The van der Waals surface area contributed by atoms with E-state index in [2.05, 4.69) is 4.72 Å². The quantitative estimate of drug-likeness (QED) is 0.778. The predicted molar refractivity (Wildman–Crippen MR) is 95.8 cm³/mol. The van der Waals surface area contributed by atoms with E-state index in [0.29, 0.717) is 17.2 Å². The maximum Gasteiger partial charge on any atom is 0.240 e. The third-order valence-corrected chi connectivity index (χ3v) is 4.84. The zero-order valence-corrected chi connectivity index (χ0v) is 15.6. The number of ether oxygens (including phenoxy) is 3. The van der Waals surface area contributed by atoms with E-state index in [1.807, 2.05) is 13.8 Å². The maximum atomic E-state index is 12.4. The third-order valence-electron chi connectivity index (χ3n) is 3.42. The molecule has 0 amide bonds. The van der Waals surface area contributed by atoms with Gasteiger partial charge in [-0.3, -0.25) is 0 Å². The van der Waals surface area contributed by atoms with Crippen molar-refractivity contribution in [3.63, 3.8) is 0 Å². The normalized spacial score (nSPS) is 11.4. The largest absolute Gasteiger partial charge is 0.493 e. The number of rotatable bonds is 8. The van der Waals surface area contributed by atoms with Crippen molar-refractivity contribution in [2.24, 2.45) is 0 Å². The Balaban J connectivity index is 2.08. The molecule has 0 fully saturated rings. The molecule has 0 bridgehead atoms. The SMILES string of the molecule is COc1ccc(CNS(=O)(=O)c2ccc(OC(C)C)cc2)cc1OC. The Labute approximate surface area is 148 Å². The maximum absolute atomic E-state index is 12.4. The lowest BCUT2D eigenvalue weighted by atomic mass is 10.2. The highest BCUT2D eigenvalue weighted by Gasteiger charge is 2.14. The predicted octanol–water partition coefficient (Wildman–Crippen LogP) is 2.97. The van der Waals surface area contributed by atoms with Crippen LogP contribution in [0, 0.1) is 0 Å². The van der Waals surface area contributed by atoms with Gasteiger partial charge in [0.15, 0.2) is 11.5 Å². The summed E-state index contributed by atoms with van der Waals surface area (Å²) in [5.41, 5.74) is 0.765. The minimum Gasteiger partial charge on any atom is -0.493 e. The van der Waals surface area contributed by atoms with Gasteiger partial charge in [0.25, 0.3) is 0 Å². The second-order valence-electron chi connectivity index (χ2n) is 5.65. The Bertz CT molecular complexity index is 801. The lowest BCUT2D eigenvalue weighted by molar-refractivity contribution is 0.242. The van der Waals surface area contributed by atoms with Crippen LogP contribution in [0.1, 0.15) is 19.4 Å². The van der Waals surface area contributed by atoms with Crippen LogP contribution in [0.3, 0.4) is 0 Å². The Morgan fingerprint density at radius 1 is 0.960 bits per heavy atom. The summed E-state index contributed by atoms with van der Waals surface area (Å²) in [4.78, 5) is 0.184. The fraction of sp³-hybridized carbons (Fsp3) is 0.333. The molecule has 0 aromatic heterocycles. The van der Waals surface area contributed by atoms with E-state index >= 15 is 0 Å². The molecule has 2 rings (SSSR count). The van der Waals surface area contributed by atoms with Crippen molar-refractivity contribution in [2.75, 3.05) is 14.2 Å². The first-order valence-electron chi connectivity index (χ1n) is 7.83. The fourth-order valence-electron chi connectivity index (χ4n) is 2.22. The van der Waals surface area contributed by atoms with Gasteiger partial charge in [-0.2, -0.15) is 0 Å². The van der Waals surface area contributed by atoms with Gasteiger partial charge in [0.05, 0.1) is 25.2 Å². The highest BCUT2D eigenvalue weighted by molar-refractivity contribution is 7.89. The summed E-state index contributed by atoms with van der Waals surface area (Å²) in [5, 5.41) is 0. The van der Waals surface area contributed by atoms with Gasteiger partial charge in [-0.15, -0.1) is 0 Å². The summed E-state index contributed by atoms with van der Waals surface area (Å²) in [6.45, 7) is 3.97. The van der Waals surface area contributed by atoms with Crippen LogP contribution in [0.4, 0.5) is 0 Å². The molecule has 136 valence electrons. The van der Waals surface area contributed by atoms with E-state index in [0.717, 1.165) is 5.56 Å². The molecule has 6 nitrogen and oxygen atoms in total. The summed E-state index contributed by atoms with van der Waals surface area (Å²) in [6.07, 6.45) is 0.0330. The summed E-state index contributed by atoms with van der Waals surface area (Å²) in [7, 11) is -0.534. The van der Waals surface area contributed by atoms with Crippen LogP contribution >= 0.6 is 0 Å². The number of benzene rings is 2. The second kappa shape index (κ2) is 8.22. The van der Waals surface area contributed by atoms with Crippen molar-refractivity contribution >= 4 is 10.0 Å². The van der Waals surface area contributed by atoms with Crippen LogP contribution in [-0.2, 0) is 16.6 Å². The number of hydrogen-bond acceptors (Lipinski definition) is 5. The van der Waals surface area contributed by atoms with Crippen molar-refractivity contribution in [1.82, 2.24) is 4.72 Å². The highest BCUT2D eigenvalue weighted by Crippen LogP contribution is 2.27. The molecular weight excluding hydrogens is 342 g/mol. The van der Waals surface area contributed by atoms with Crippen LogP contribution in [0.25, 0.3) is 0 Å². The van der Waals surface area contributed by atoms with Crippen molar-refractivity contribution < 1.29 is 22.6 Å². The lowest BCUT2D eigenvalue weighted by Gasteiger charge is -2.12. The van der Waals surface area contributed by atoms with Gasteiger partial charge in [-0.25, -0.2) is 13.1 Å². The molecule has 0 atom stereocenters. The number of sulfonamides is 1. The molecule has 0 aliphatic heterocycles. The Morgan fingerprint density at radius 3 is 2.16 bits per heavy atom. The smallest absolute Gasteiger partial charge is 0.240 e. The molecule has 2 aromatic carbocycles. The highest BCUT2D eigenvalue weighted by atomic mass is 32.2. The number of hydrogen-bond donors (Lipinski definition) is 1.